The number of nitrogens with zero attached hydrogens (tertiary/aromatic N) is 2. The first-order chi connectivity index (χ1) is 16.2. The fourth-order valence-corrected chi connectivity index (χ4v) is 3.52. The van der Waals surface area contributed by atoms with Crippen LogP contribution in [0.3, 0.4) is 0 Å². The standard InChI is InChI=1S/C22H19F2N3O7/c1-33-11-17-19(21(29)34-2)20(13-5-8-15(23)16(24)10-13)26(22(30)25-17)18(28)9-12-3-6-14(7-4-12)27(31)32/h3-8,10,20H,9,11H2,1-2H3,(H,25,30). The molecular formula is C22H19F2N3O7. The highest BCUT2D eigenvalue weighted by Crippen LogP contribution is 2.35. The Kier molecular flexibility index (Phi) is 7.31. The lowest BCUT2D eigenvalue weighted by Crippen LogP contribution is -2.52. The molecule has 1 N–H and O–H groups in total. The zero-order valence-electron chi connectivity index (χ0n) is 18.0. The Bertz CT molecular complexity index is 1180. The third-order valence-corrected chi connectivity index (χ3v) is 5.06. The van der Waals surface area contributed by atoms with Crippen LogP contribution in [0.1, 0.15) is 17.2 Å². The van der Waals surface area contributed by atoms with Gasteiger partial charge in [-0.25, -0.2) is 18.4 Å². The molecule has 34 heavy (non-hydrogen) atoms. The zero-order valence-corrected chi connectivity index (χ0v) is 18.0. The van der Waals surface area contributed by atoms with Crippen LogP contribution in [0.5, 0.6) is 0 Å². The number of ether oxygens (including phenoxy) is 2. The molecule has 0 aromatic heterocycles. The number of rotatable bonds is 7. The summed E-state index contributed by atoms with van der Waals surface area (Å²) in [5, 5.41) is 13.3. The molecule has 2 aromatic rings. The SMILES string of the molecule is COCC1=C(C(=O)OC)C(c2ccc(F)c(F)c2)N(C(=O)Cc2ccc([N+](=O)[O-])cc2)C(=O)N1. The maximum Gasteiger partial charge on any atom is 0.338 e. The monoisotopic (exact) mass is 475 g/mol. The number of nitrogens with one attached hydrogen (secondary N) is 1. The summed E-state index contributed by atoms with van der Waals surface area (Å²) < 4.78 is 37.5. The second-order valence-corrected chi connectivity index (χ2v) is 7.19. The van der Waals surface area contributed by atoms with Gasteiger partial charge in [-0.1, -0.05) is 18.2 Å². The van der Waals surface area contributed by atoms with Crippen molar-refractivity contribution >= 4 is 23.6 Å². The number of nitro groups is 1. The summed E-state index contributed by atoms with van der Waals surface area (Å²) in [5.74, 6) is -4.13. The highest BCUT2D eigenvalue weighted by atomic mass is 19.2. The van der Waals surface area contributed by atoms with E-state index in [1.54, 1.807) is 0 Å². The van der Waals surface area contributed by atoms with Crippen LogP contribution in [0.2, 0.25) is 0 Å². The van der Waals surface area contributed by atoms with E-state index in [0.717, 1.165) is 25.3 Å². The van der Waals surface area contributed by atoms with Crippen molar-refractivity contribution in [3.63, 3.8) is 0 Å². The summed E-state index contributed by atoms with van der Waals surface area (Å²) in [5.41, 5.74) is -0.106. The van der Waals surface area contributed by atoms with E-state index in [1.165, 1.54) is 31.4 Å². The fraction of sp³-hybridized carbons (Fsp3) is 0.227. The number of halogens is 2. The first-order valence-corrected chi connectivity index (χ1v) is 9.79. The van der Waals surface area contributed by atoms with Crippen LogP contribution < -0.4 is 5.32 Å². The first kappa shape index (κ1) is 24.5. The number of urea groups is 1. The molecule has 0 fully saturated rings. The Morgan fingerprint density at radius 2 is 1.79 bits per heavy atom. The van der Waals surface area contributed by atoms with Gasteiger partial charge in [-0.3, -0.25) is 19.8 Å². The van der Waals surface area contributed by atoms with E-state index in [4.69, 9.17) is 9.47 Å². The number of non-ortho nitro benzene ring substituents is 1. The quantitative estimate of drug-likeness (QED) is 0.370. The summed E-state index contributed by atoms with van der Waals surface area (Å²) in [6, 6.07) is 5.42. The molecule has 1 unspecified atom stereocenters. The van der Waals surface area contributed by atoms with Gasteiger partial charge in [0.25, 0.3) is 5.69 Å². The lowest BCUT2D eigenvalue weighted by Gasteiger charge is -2.37. The molecule has 1 aliphatic heterocycles. The second-order valence-electron chi connectivity index (χ2n) is 7.19. The number of hydrogen-bond donors (Lipinski definition) is 1. The number of carbonyl (C=O) groups excluding carboxylic acids is 3. The summed E-state index contributed by atoms with van der Waals surface area (Å²) in [6.45, 7) is -0.235. The molecule has 0 saturated carbocycles. The third-order valence-electron chi connectivity index (χ3n) is 5.06. The summed E-state index contributed by atoms with van der Waals surface area (Å²) in [7, 11) is 2.40. The van der Waals surface area contributed by atoms with Crippen molar-refractivity contribution in [1.29, 1.82) is 0 Å². The molecule has 3 rings (SSSR count). The average molecular weight is 475 g/mol. The highest BCUT2D eigenvalue weighted by Gasteiger charge is 2.42. The number of carbonyl (C=O) groups is 3. The predicted molar refractivity (Wildman–Crippen MR) is 112 cm³/mol. The van der Waals surface area contributed by atoms with Crippen LogP contribution in [0.15, 0.2) is 53.7 Å². The van der Waals surface area contributed by atoms with E-state index in [2.05, 4.69) is 5.32 Å². The average Bonchev–Trinajstić information content (AvgIpc) is 2.80. The van der Waals surface area contributed by atoms with Gasteiger partial charge >= 0.3 is 12.0 Å². The number of methoxy groups -OCH3 is 2. The largest absolute Gasteiger partial charge is 0.466 e. The van der Waals surface area contributed by atoms with Gasteiger partial charge in [-0.15, -0.1) is 0 Å². The molecule has 12 heteroatoms. The number of nitro benzene ring substituents is 1. The Balaban J connectivity index is 2.09. The van der Waals surface area contributed by atoms with E-state index >= 15 is 0 Å². The van der Waals surface area contributed by atoms with Gasteiger partial charge in [0.1, 0.15) is 6.04 Å². The number of imide groups is 1. The Labute approximate surface area is 191 Å². The maximum absolute atomic E-state index is 14.1. The highest BCUT2D eigenvalue weighted by molar-refractivity contribution is 6.02. The maximum atomic E-state index is 14.1. The first-order valence-electron chi connectivity index (χ1n) is 9.79. The van der Waals surface area contributed by atoms with E-state index in [0.29, 0.717) is 10.5 Å². The number of benzene rings is 2. The number of amides is 3. The molecule has 1 heterocycles. The van der Waals surface area contributed by atoms with Crippen molar-refractivity contribution in [1.82, 2.24) is 10.2 Å². The smallest absolute Gasteiger partial charge is 0.338 e. The summed E-state index contributed by atoms with van der Waals surface area (Å²) in [6.07, 6.45) is -0.375. The van der Waals surface area contributed by atoms with Crippen LogP contribution in [-0.4, -0.2) is 48.6 Å². The Morgan fingerprint density at radius 1 is 1.12 bits per heavy atom. The van der Waals surface area contributed by atoms with E-state index in [-0.39, 0.29) is 35.5 Å². The van der Waals surface area contributed by atoms with Gasteiger partial charge in [-0.2, -0.15) is 0 Å². The van der Waals surface area contributed by atoms with Crippen molar-refractivity contribution in [2.45, 2.75) is 12.5 Å². The lowest BCUT2D eigenvalue weighted by molar-refractivity contribution is -0.384. The minimum atomic E-state index is -1.45. The predicted octanol–water partition coefficient (Wildman–Crippen LogP) is 2.78. The van der Waals surface area contributed by atoms with Gasteiger partial charge < -0.3 is 14.8 Å². The van der Waals surface area contributed by atoms with E-state index in [1.807, 2.05) is 0 Å². The van der Waals surface area contributed by atoms with Gasteiger partial charge in [0.2, 0.25) is 5.91 Å². The Hall–Kier alpha value is -4.19. The van der Waals surface area contributed by atoms with Gasteiger partial charge in [0.05, 0.1) is 36.3 Å². The molecule has 10 nitrogen and oxygen atoms in total. The third kappa shape index (κ3) is 4.91. The molecule has 0 spiro atoms. The molecular weight excluding hydrogens is 456 g/mol. The van der Waals surface area contributed by atoms with Crippen LogP contribution >= 0.6 is 0 Å². The lowest BCUT2D eigenvalue weighted by atomic mass is 9.92. The molecule has 2 aromatic carbocycles. The minimum absolute atomic E-state index is 0.00605. The van der Waals surface area contributed by atoms with Crippen molar-refractivity contribution in [2.24, 2.45) is 0 Å². The zero-order chi connectivity index (χ0) is 25.0. The van der Waals surface area contributed by atoms with Crippen molar-refractivity contribution < 1.29 is 37.6 Å². The second kappa shape index (κ2) is 10.2. The topological polar surface area (TPSA) is 128 Å². The van der Waals surface area contributed by atoms with E-state index < -0.39 is 40.5 Å². The molecule has 1 atom stereocenters. The molecule has 1 aliphatic rings. The van der Waals surface area contributed by atoms with Crippen molar-refractivity contribution in [2.75, 3.05) is 20.8 Å². The number of esters is 1. The van der Waals surface area contributed by atoms with Crippen LogP contribution in [0, 0.1) is 21.7 Å². The molecule has 0 bridgehead atoms. The van der Waals surface area contributed by atoms with Gasteiger partial charge in [0, 0.05) is 19.2 Å². The molecule has 3 amide bonds. The van der Waals surface area contributed by atoms with Gasteiger partial charge in [0.15, 0.2) is 11.6 Å². The summed E-state index contributed by atoms with van der Waals surface area (Å²) in [4.78, 5) is 49.8. The minimum Gasteiger partial charge on any atom is -0.466 e. The van der Waals surface area contributed by atoms with Crippen LogP contribution in [0.25, 0.3) is 0 Å². The van der Waals surface area contributed by atoms with Crippen LogP contribution in [0.4, 0.5) is 19.3 Å². The van der Waals surface area contributed by atoms with Crippen molar-refractivity contribution in [3.05, 3.63) is 86.6 Å². The number of hydrogen-bond acceptors (Lipinski definition) is 7. The molecule has 0 radical (unpaired) electrons. The molecule has 0 saturated heterocycles. The molecule has 178 valence electrons. The Morgan fingerprint density at radius 3 is 2.35 bits per heavy atom. The molecule has 0 aliphatic carbocycles. The van der Waals surface area contributed by atoms with Crippen molar-refractivity contribution in [3.8, 4) is 0 Å². The fourth-order valence-electron chi connectivity index (χ4n) is 3.52. The summed E-state index contributed by atoms with van der Waals surface area (Å²) >= 11 is 0. The van der Waals surface area contributed by atoms with Crippen LogP contribution in [-0.2, 0) is 25.5 Å². The van der Waals surface area contributed by atoms with Gasteiger partial charge in [-0.05, 0) is 23.3 Å². The normalized spacial score (nSPS) is 15.7. The van der Waals surface area contributed by atoms with E-state index in [9.17, 15) is 33.3 Å².